The van der Waals surface area contributed by atoms with Gasteiger partial charge < -0.3 is 19.7 Å². The van der Waals surface area contributed by atoms with E-state index < -0.39 is 6.10 Å². The van der Waals surface area contributed by atoms with E-state index in [-0.39, 0.29) is 11.8 Å². The van der Waals surface area contributed by atoms with Crippen LogP contribution in [0.4, 0.5) is 11.4 Å². The van der Waals surface area contributed by atoms with E-state index in [2.05, 4.69) is 34.5 Å². The van der Waals surface area contributed by atoms with E-state index in [1.54, 1.807) is 0 Å². The van der Waals surface area contributed by atoms with E-state index in [1.165, 1.54) is 5.56 Å². The summed E-state index contributed by atoms with van der Waals surface area (Å²) in [6.45, 7) is 3.97. The third kappa shape index (κ3) is 4.31. The lowest BCUT2D eigenvalue weighted by Crippen LogP contribution is -2.39. The van der Waals surface area contributed by atoms with Crippen molar-refractivity contribution >= 4 is 17.3 Å². The summed E-state index contributed by atoms with van der Waals surface area (Å²) in [7, 11) is 0. The highest BCUT2D eigenvalue weighted by atomic mass is 16.5. The standard InChI is InChI=1S/C22H26N2O3/c25-22(21-20(7-4-14-27-21)17-5-2-1-3-6-17)23-18-8-10-19(11-9-18)24-12-15-26-16-13-24/h1-3,5-6,8-11,20-21H,4,7,12-16H2,(H,23,25)/t20-,21+/m0/s1. The van der Waals surface area contributed by atoms with E-state index in [9.17, 15) is 4.79 Å². The second-order valence-electron chi connectivity index (χ2n) is 7.09. The topological polar surface area (TPSA) is 50.8 Å². The van der Waals surface area contributed by atoms with Crippen LogP contribution in [0.5, 0.6) is 0 Å². The summed E-state index contributed by atoms with van der Waals surface area (Å²) in [4.78, 5) is 15.2. The lowest BCUT2D eigenvalue weighted by molar-refractivity contribution is -0.131. The number of hydrogen-bond acceptors (Lipinski definition) is 4. The maximum Gasteiger partial charge on any atom is 0.254 e. The summed E-state index contributed by atoms with van der Waals surface area (Å²) >= 11 is 0. The SMILES string of the molecule is O=C(Nc1ccc(N2CCOCC2)cc1)[C@@H]1OCCC[C@H]1c1ccccc1. The highest BCUT2D eigenvalue weighted by Gasteiger charge is 2.33. The van der Waals surface area contributed by atoms with Crippen molar-refractivity contribution in [2.24, 2.45) is 0 Å². The molecule has 0 bridgehead atoms. The normalized spacial score (nSPS) is 23.0. The predicted octanol–water partition coefficient (Wildman–Crippen LogP) is 3.42. The molecule has 2 atom stereocenters. The van der Waals surface area contributed by atoms with Crippen LogP contribution in [0.1, 0.15) is 24.3 Å². The minimum absolute atomic E-state index is 0.0670. The Morgan fingerprint density at radius 3 is 2.44 bits per heavy atom. The Morgan fingerprint density at radius 1 is 0.963 bits per heavy atom. The van der Waals surface area contributed by atoms with Gasteiger partial charge in [0, 0.05) is 37.0 Å². The fourth-order valence-corrected chi connectivity index (χ4v) is 3.87. The summed E-state index contributed by atoms with van der Waals surface area (Å²) in [6.07, 6.45) is 1.51. The third-order valence-electron chi connectivity index (χ3n) is 5.32. The Balaban J connectivity index is 1.42. The molecule has 2 fully saturated rings. The van der Waals surface area contributed by atoms with Crippen LogP contribution in [-0.4, -0.2) is 44.9 Å². The van der Waals surface area contributed by atoms with Crippen molar-refractivity contribution in [3.63, 3.8) is 0 Å². The Labute approximate surface area is 160 Å². The first kappa shape index (κ1) is 18.0. The molecule has 2 heterocycles. The van der Waals surface area contributed by atoms with Gasteiger partial charge >= 0.3 is 0 Å². The number of nitrogens with zero attached hydrogens (tertiary/aromatic N) is 1. The fraction of sp³-hybridized carbons (Fsp3) is 0.409. The molecule has 2 aromatic carbocycles. The van der Waals surface area contributed by atoms with Gasteiger partial charge in [0.05, 0.1) is 13.2 Å². The summed E-state index contributed by atoms with van der Waals surface area (Å²) in [6, 6.07) is 18.2. The van der Waals surface area contributed by atoms with Crippen LogP contribution in [0.15, 0.2) is 54.6 Å². The summed E-state index contributed by atoms with van der Waals surface area (Å²) in [5, 5.41) is 3.03. The third-order valence-corrected chi connectivity index (χ3v) is 5.32. The van der Waals surface area contributed by atoms with Crippen LogP contribution < -0.4 is 10.2 Å². The number of benzene rings is 2. The maximum atomic E-state index is 12.9. The summed E-state index contributed by atoms with van der Waals surface area (Å²) in [5.41, 5.74) is 3.13. The first-order valence-electron chi connectivity index (χ1n) is 9.71. The second kappa shape index (κ2) is 8.55. The average molecular weight is 366 g/mol. The molecule has 27 heavy (non-hydrogen) atoms. The number of nitrogens with one attached hydrogen (secondary N) is 1. The van der Waals surface area contributed by atoms with E-state index in [1.807, 2.05) is 30.3 Å². The zero-order chi connectivity index (χ0) is 18.5. The largest absolute Gasteiger partial charge is 0.378 e. The average Bonchev–Trinajstić information content (AvgIpc) is 2.75. The van der Waals surface area contributed by atoms with Crippen LogP contribution in [0, 0.1) is 0 Å². The van der Waals surface area contributed by atoms with Gasteiger partial charge in [0.15, 0.2) is 0 Å². The molecule has 1 amide bonds. The zero-order valence-corrected chi connectivity index (χ0v) is 15.5. The first-order chi connectivity index (χ1) is 13.3. The van der Waals surface area contributed by atoms with Gasteiger partial charge in [-0.2, -0.15) is 0 Å². The number of rotatable bonds is 4. The number of morpholine rings is 1. The fourth-order valence-electron chi connectivity index (χ4n) is 3.87. The summed E-state index contributed by atoms with van der Waals surface area (Å²) in [5.74, 6) is 0.0373. The Bertz CT molecular complexity index is 742. The molecule has 2 saturated heterocycles. The lowest BCUT2D eigenvalue weighted by atomic mass is 9.87. The number of amides is 1. The van der Waals surface area contributed by atoms with E-state index in [0.717, 1.165) is 50.5 Å². The Kier molecular flexibility index (Phi) is 5.70. The quantitative estimate of drug-likeness (QED) is 0.901. The van der Waals surface area contributed by atoms with Crippen molar-refractivity contribution in [2.45, 2.75) is 24.9 Å². The van der Waals surface area contributed by atoms with Gasteiger partial charge in [-0.1, -0.05) is 30.3 Å². The van der Waals surface area contributed by atoms with Gasteiger partial charge in [0.25, 0.3) is 5.91 Å². The van der Waals surface area contributed by atoms with Gasteiger partial charge in [-0.25, -0.2) is 0 Å². The van der Waals surface area contributed by atoms with Crippen molar-refractivity contribution in [2.75, 3.05) is 43.1 Å². The predicted molar refractivity (Wildman–Crippen MR) is 106 cm³/mol. The molecule has 5 nitrogen and oxygen atoms in total. The van der Waals surface area contributed by atoms with Crippen molar-refractivity contribution in [1.29, 1.82) is 0 Å². The Morgan fingerprint density at radius 2 is 1.70 bits per heavy atom. The van der Waals surface area contributed by atoms with Gasteiger partial charge in [-0.3, -0.25) is 4.79 Å². The van der Waals surface area contributed by atoms with Crippen LogP contribution in [0.3, 0.4) is 0 Å². The van der Waals surface area contributed by atoms with Crippen molar-refractivity contribution in [3.8, 4) is 0 Å². The van der Waals surface area contributed by atoms with Crippen LogP contribution in [0.2, 0.25) is 0 Å². The van der Waals surface area contributed by atoms with Gasteiger partial charge in [-0.05, 0) is 42.7 Å². The lowest BCUT2D eigenvalue weighted by Gasteiger charge is -2.31. The molecule has 4 rings (SSSR count). The zero-order valence-electron chi connectivity index (χ0n) is 15.5. The molecule has 2 aliphatic rings. The number of ether oxygens (including phenoxy) is 2. The number of anilines is 2. The van der Waals surface area contributed by atoms with Crippen LogP contribution in [-0.2, 0) is 14.3 Å². The summed E-state index contributed by atoms with van der Waals surface area (Å²) < 4.78 is 11.3. The van der Waals surface area contributed by atoms with E-state index in [4.69, 9.17) is 9.47 Å². The number of carbonyl (C=O) groups is 1. The molecule has 0 radical (unpaired) electrons. The molecular weight excluding hydrogens is 340 g/mol. The highest BCUT2D eigenvalue weighted by molar-refractivity contribution is 5.95. The smallest absolute Gasteiger partial charge is 0.254 e. The van der Waals surface area contributed by atoms with Gasteiger partial charge in [-0.15, -0.1) is 0 Å². The van der Waals surface area contributed by atoms with Crippen LogP contribution in [0.25, 0.3) is 0 Å². The van der Waals surface area contributed by atoms with Gasteiger partial charge in [0.2, 0.25) is 0 Å². The maximum absolute atomic E-state index is 12.9. The van der Waals surface area contributed by atoms with E-state index in [0.29, 0.717) is 6.61 Å². The second-order valence-corrected chi connectivity index (χ2v) is 7.09. The molecule has 142 valence electrons. The van der Waals surface area contributed by atoms with E-state index >= 15 is 0 Å². The van der Waals surface area contributed by atoms with Crippen molar-refractivity contribution in [1.82, 2.24) is 0 Å². The number of carbonyl (C=O) groups excluding carboxylic acids is 1. The molecule has 0 unspecified atom stereocenters. The first-order valence-corrected chi connectivity index (χ1v) is 9.71. The minimum atomic E-state index is -0.444. The molecule has 1 N–H and O–H groups in total. The number of hydrogen-bond donors (Lipinski definition) is 1. The molecule has 2 aromatic rings. The van der Waals surface area contributed by atoms with Gasteiger partial charge in [0.1, 0.15) is 6.10 Å². The highest BCUT2D eigenvalue weighted by Crippen LogP contribution is 2.31. The molecule has 0 aliphatic carbocycles. The monoisotopic (exact) mass is 366 g/mol. The van der Waals surface area contributed by atoms with Crippen molar-refractivity contribution < 1.29 is 14.3 Å². The molecule has 0 aromatic heterocycles. The molecular formula is C22H26N2O3. The minimum Gasteiger partial charge on any atom is -0.378 e. The Hall–Kier alpha value is -2.37. The molecule has 5 heteroatoms. The molecule has 0 saturated carbocycles. The molecule has 2 aliphatic heterocycles. The molecule has 0 spiro atoms. The van der Waals surface area contributed by atoms with Crippen molar-refractivity contribution in [3.05, 3.63) is 60.2 Å². The van der Waals surface area contributed by atoms with Crippen LogP contribution >= 0.6 is 0 Å².